The lowest BCUT2D eigenvalue weighted by molar-refractivity contribution is -0.165. The minimum Gasteiger partial charge on any atom is -0.394 e. The number of aliphatic hydroxyl groups is 1. The molecule has 0 aliphatic carbocycles. The Morgan fingerprint density at radius 3 is 2.58 bits per heavy atom. The third-order valence-corrected chi connectivity index (χ3v) is 5.06. The summed E-state index contributed by atoms with van der Waals surface area (Å²) in [7, 11) is 0. The fraction of sp³-hybridized carbons (Fsp3) is 0.714. The normalized spacial score (nSPS) is 29.2. The molecule has 148 valence electrons. The fourth-order valence-electron chi connectivity index (χ4n) is 3.17. The topological polar surface area (TPSA) is 143 Å². The van der Waals surface area contributed by atoms with Crippen LogP contribution in [0, 0.1) is 6.92 Å². The molecule has 0 aromatic carbocycles. The van der Waals surface area contributed by atoms with E-state index in [1.165, 1.54) is 17.7 Å². The molecule has 1 unspecified atom stereocenters. The van der Waals surface area contributed by atoms with Gasteiger partial charge in [-0.05, 0) is 32.1 Å². The molecule has 12 heteroatoms. The summed E-state index contributed by atoms with van der Waals surface area (Å²) in [6.45, 7) is 0.539. The molecular formula is C14H23N2O8PS. The molecule has 1 aromatic heterocycles. The van der Waals surface area contributed by atoms with Crippen LogP contribution >= 0.6 is 6.72 Å². The lowest BCUT2D eigenvalue weighted by Gasteiger charge is -2.36. The van der Waals surface area contributed by atoms with Gasteiger partial charge < -0.3 is 24.4 Å². The van der Waals surface area contributed by atoms with Gasteiger partial charge in [0.15, 0.2) is 5.72 Å². The van der Waals surface area contributed by atoms with Crippen molar-refractivity contribution < 1.29 is 28.9 Å². The number of aromatic amines is 1. The summed E-state index contributed by atoms with van der Waals surface area (Å²) in [5, 5.41) is 9.67. The first-order chi connectivity index (χ1) is 12.1. The van der Waals surface area contributed by atoms with E-state index in [2.05, 4.69) is 16.8 Å². The first kappa shape index (κ1) is 21.4. The molecule has 0 bridgehead atoms. The van der Waals surface area contributed by atoms with E-state index >= 15 is 0 Å². The Labute approximate surface area is 154 Å². The van der Waals surface area contributed by atoms with Crippen molar-refractivity contribution in [2.75, 3.05) is 13.2 Å². The Balaban J connectivity index is 2.65. The summed E-state index contributed by atoms with van der Waals surface area (Å²) in [6, 6.07) is 0. The number of nitrogens with one attached hydrogen (secondary N) is 1. The number of H-pyrrole nitrogens is 1. The van der Waals surface area contributed by atoms with Gasteiger partial charge in [0.25, 0.3) is 5.56 Å². The summed E-state index contributed by atoms with van der Waals surface area (Å²) in [5.74, 6) is 0. The molecule has 10 nitrogen and oxygen atoms in total. The van der Waals surface area contributed by atoms with Gasteiger partial charge in [-0.25, -0.2) is 4.79 Å². The highest BCUT2D eigenvalue weighted by molar-refractivity contribution is 8.06. The smallest absolute Gasteiger partial charge is 0.330 e. The van der Waals surface area contributed by atoms with Gasteiger partial charge in [-0.2, -0.15) is 0 Å². The van der Waals surface area contributed by atoms with Crippen molar-refractivity contribution in [1.82, 2.24) is 9.55 Å². The van der Waals surface area contributed by atoms with Crippen molar-refractivity contribution in [2.45, 2.75) is 51.2 Å². The predicted molar refractivity (Wildman–Crippen MR) is 95.3 cm³/mol. The fourth-order valence-corrected chi connectivity index (χ4v) is 4.03. The number of hydrogen-bond donors (Lipinski definition) is 4. The second-order valence-electron chi connectivity index (χ2n) is 5.92. The summed E-state index contributed by atoms with van der Waals surface area (Å²) in [4.78, 5) is 45.5. The third-order valence-electron chi connectivity index (χ3n) is 4.28. The molecule has 4 atom stereocenters. The molecule has 1 fully saturated rings. The molecule has 0 radical (unpaired) electrons. The molecule has 0 saturated carbocycles. The van der Waals surface area contributed by atoms with Crippen molar-refractivity contribution in [3.8, 4) is 0 Å². The maximum absolute atomic E-state index is 12.4. The van der Waals surface area contributed by atoms with E-state index in [1.54, 1.807) is 13.8 Å². The van der Waals surface area contributed by atoms with E-state index in [1.807, 2.05) is 0 Å². The molecule has 1 saturated heterocycles. The molecule has 1 aromatic rings. The van der Waals surface area contributed by atoms with Crippen LogP contribution in [0.15, 0.2) is 15.8 Å². The van der Waals surface area contributed by atoms with Crippen LogP contribution in [0.25, 0.3) is 0 Å². The molecule has 4 N–H and O–H groups in total. The van der Waals surface area contributed by atoms with Crippen LogP contribution in [0.1, 0.15) is 25.8 Å². The first-order valence-electron chi connectivity index (χ1n) is 8.06. The van der Waals surface area contributed by atoms with E-state index in [9.17, 15) is 24.5 Å². The lowest BCUT2D eigenvalue weighted by Crippen LogP contribution is -2.52. The zero-order chi connectivity index (χ0) is 19.7. The van der Waals surface area contributed by atoms with Gasteiger partial charge in [-0.15, -0.1) is 0 Å². The van der Waals surface area contributed by atoms with Gasteiger partial charge in [0.1, 0.15) is 18.3 Å². The number of aromatic nitrogens is 2. The lowest BCUT2D eigenvalue weighted by atomic mass is 9.99. The Kier molecular flexibility index (Phi) is 6.57. The van der Waals surface area contributed by atoms with E-state index in [0.717, 1.165) is 0 Å². The van der Waals surface area contributed by atoms with Crippen molar-refractivity contribution in [1.29, 1.82) is 0 Å². The zero-order valence-electron chi connectivity index (χ0n) is 14.6. The molecule has 0 spiro atoms. The molecule has 2 rings (SSSR count). The molecular weight excluding hydrogens is 387 g/mol. The van der Waals surface area contributed by atoms with Crippen LogP contribution in [0.3, 0.4) is 0 Å². The van der Waals surface area contributed by atoms with Crippen LogP contribution < -0.4 is 11.2 Å². The van der Waals surface area contributed by atoms with E-state index < -0.39 is 48.6 Å². The molecule has 0 amide bonds. The highest BCUT2D eigenvalue weighted by Crippen LogP contribution is 2.47. The van der Waals surface area contributed by atoms with Crippen LogP contribution in [-0.4, -0.2) is 56.0 Å². The number of aryl methyl sites for hydroxylation is 1. The number of ether oxygens (including phenoxy) is 2. The Morgan fingerprint density at radius 1 is 1.42 bits per heavy atom. The largest absolute Gasteiger partial charge is 0.394 e. The number of aliphatic hydroxyl groups excluding tert-OH is 1. The van der Waals surface area contributed by atoms with E-state index in [-0.39, 0.29) is 18.6 Å². The Hall–Kier alpha value is -0.910. The minimum atomic E-state index is -4.10. The van der Waals surface area contributed by atoms with Gasteiger partial charge >= 0.3 is 12.4 Å². The van der Waals surface area contributed by atoms with Gasteiger partial charge in [0, 0.05) is 18.4 Å². The first-order valence-corrected chi connectivity index (χ1v) is 10.7. The quantitative estimate of drug-likeness (QED) is 0.429. The van der Waals surface area contributed by atoms with Crippen LogP contribution in [0.5, 0.6) is 0 Å². The maximum Gasteiger partial charge on any atom is 0.330 e. The van der Waals surface area contributed by atoms with Crippen molar-refractivity contribution in [3.63, 3.8) is 0 Å². The Bertz CT molecular complexity index is 805. The van der Waals surface area contributed by atoms with Gasteiger partial charge in [0.05, 0.1) is 6.61 Å². The van der Waals surface area contributed by atoms with Crippen molar-refractivity contribution >= 4 is 18.5 Å². The summed E-state index contributed by atoms with van der Waals surface area (Å²) < 4.78 is 18.0. The average Bonchev–Trinajstić information content (AvgIpc) is 2.84. The van der Waals surface area contributed by atoms with Crippen LogP contribution in [0.4, 0.5) is 0 Å². The predicted octanol–water partition coefficient (Wildman–Crippen LogP) is -0.702. The van der Waals surface area contributed by atoms with Gasteiger partial charge in [-0.3, -0.25) is 18.9 Å². The summed E-state index contributed by atoms with van der Waals surface area (Å²) in [6.07, 6.45) is -1.59. The Morgan fingerprint density at radius 2 is 2.08 bits per heavy atom. The number of nitrogens with zero attached hydrogens (tertiary/aromatic N) is 1. The highest BCUT2D eigenvalue weighted by atomic mass is 32.5. The van der Waals surface area contributed by atoms with Crippen molar-refractivity contribution in [3.05, 3.63) is 32.6 Å². The summed E-state index contributed by atoms with van der Waals surface area (Å²) in [5.41, 5.74) is -2.42. The minimum absolute atomic E-state index is 0.199. The average molecular weight is 410 g/mol. The van der Waals surface area contributed by atoms with Gasteiger partial charge in [-0.1, -0.05) is 6.92 Å². The SMILES string of the molecule is CCOC1[C@H](OP(O)(O)=S)[C@@H](CO)O[C@@]1(CC)n1cc(C)c(=O)[nH]c1=O. The molecule has 26 heavy (non-hydrogen) atoms. The number of rotatable bonds is 7. The second kappa shape index (κ2) is 7.99. The second-order valence-corrected chi connectivity index (χ2v) is 8.53. The van der Waals surface area contributed by atoms with E-state index in [4.69, 9.17) is 14.0 Å². The highest BCUT2D eigenvalue weighted by Gasteiger charge is 2.58. The zero-order valence-corrected chi connectivity index (χ0v) is 16.3. The molecule has 1 aliphatic rings. The summed E-state index contributed by atoms with van der Waals surface area (Å²) >= 11 is 4.54. The molecule has 1 aliphatic heterocycles. The monoisotopic (exact) mass is 410 g/mol. The number of hydrogen-bond acceptors (Lipinski definition) is 7. The van der Waals surface area contributed by atoms with E-state index in [0.29, 0.717) is 0 Å². The van der Waals surface area contributed by atoms with Crippen LogP contribution in [0.2, 0.25) is 0 Å². The molecule has 2 heterocycles. The third kappa shape index (κ3) is 4.00. The van der Waals surface area contributed by atoms with Crippen molar-refractivity contribution in [2.24, 2.45) is 0 Å². The standard InChI is InChI=1S/C14H23N2O8PS/c1-4-14(16-6-8(3)12(18)15-13(16)19)11(22-5-2)10(9(7-17)23-14)24-25(20,21)26/h6,9-11,17H,4-5,7H2,1-3H3,(H,15,18,19)(H2,20,21,26)/t9-,10-,11?,14-/m1/s1. The van der Waals surface area contributed by atoms with Gasteiger partial charge in [0.2, 0.25) is 0 Å². The van der Waals surface area contributed by atoms with Crippen LogP contribution in [-0.2, 0) is 31.5 Å². The maximum atomic E-state index is 12.4.